The van der Waals surface area contributed by atoms with Crippen LogP contribution >= 0.6 is 11.3 Å². The molecule has 0 bridgehead atoms. The zero-order chi connectivity index (χ0) is 14.7. The molecule has 6 nitrogen and oxygen atoms in total. The number of nitrogens with zero attached hydrogens (tertiary/aromatic N) is 2. The van der Waals surface area contributed by atoms with Crippen molar-refractivity contribution in [1.29, 1.82) is 0 Å². The van der Waals surface area contributed by atoms with E-state index in [-0.39, 0.29) is 5.69 Å². The molecule has 0 atom stereocenters. The Morgan fingerprint density at radius 3 is 3.05 bits per heavy atom. The molecule has 2 aromatic heterocycles. The van der Waals surface area contributed by atoms with Gasteiger partial charge in [-0.15, -0.1) is 11.3 Å². The van der Waals surface area contributed by atoms with E-state index in [2.05, 4.69) is 4.98 Å². The summed E-state index contributed by atoms with van der Waals surface area (Å²) in [6.45, 7) is 0.332. The maximum atomic E-state index is 10.7. The molecule has 0 aliphatic rings. The van der Waals surface area contributed by atoms with E-state index in [0.717, 1.165) is 10.4 Å². The Bertz CT molecular complexity index is 752. The molecule has 21 heavy (non-hydrogen) atoms. The minimum Gasteiger partial charge on any atom is -0.489 e. The van der Waals surface area contributed by atoms with Crippen LogP contribution in [0.1, 0.15) is 5.56 Å². The average Bonchev–Trinajstić information content (AvgIpc) is 3.16. The molecule has 0 aliphatic carbocycles. The minimum absolute atomic E-state index is 0.0123. The zero-order valence-corrected chi connectivity index (χ0v) is 11.6. The first-order valence-corrected chi connectivity index (χ1v) is 6.95. The molecular weight excluding hydrogens is 292 g/mol. The van der Waals surface area contributed by atoms with Gasteiger partial charge in [-0.05, 0) is 17.5 Å². The summed E-state index contributed by atoms with van der Waals surface area (Å²) in [5, 5.41) is 12.6. The van der Waals surface area contributed by atoms with Gasteiger partial charge in [0.15, 0.2) is 0 Å². The Morgan fingerprint density at radius 2 is 2.29 bits per heavy atom. The van der Waals surface area contributed by atoms with Crippen molar-refractivity contribution in [2.24, 2.45) is 0 Å². The van der Waals surface area contributed by atoms with E-state index in [1.807, 2.05) is 11.4 Å². The van der Waals surface area contributed by atoms with Crippen molar-refractivity contribution in [2.75, 3.05) is 0 Å². The highest BCUT2D eigenvalue weighted by Gasteiger charge is 2.09. The largest absolute Gasteiger partial charge is 0.489 e. The summed E-state index contributed by atoms with van der Waals surface area (Å²) in [4.78, 5) is 15.2. The Kier molecular flexibility index (Phi) is 3.65. The average molecular weight is 302 g/mol. The van der Waals surface area contributed by atoms with E-state index in [1.165, 1.54) is 29.7 Å². The lowest BCUT2D eigenvalue weighted by atomic mass is 10.3. The summed E-state index contributed by atoms with van der Waals surface area (Å²) < 4.78 is 10.8. The van der Waals surface area contributed by atoms with Crippen LogP contribution in [0.25, 0.3) is 10.8 Å². The molecular formula is C14H10N2O4S. The number of non-ortho nitro benzene ring substituents is 1. The molecule has 0 saturated carbocycles. The SMILES string of the molecule is O=[N+]([O-])c1cccc(OCc2csc(-c3ncco3)c2)c1. The van der Waals surface area contributed by atoms with Crippen molar-refractivity contribution in [3.05, 3.63) is 63.8 Å². The number of rotatable bonds is 5. The molecule has 3 aromatic rings. The third-order valence-electron chi connectivity index (χ3n) is 2.73. The number of oxazole rings is 1. The minimum atomic E-state index is -0.446. The number of ether oxygens (including phenoxy) is 1. The quantitative estimate of drug-likeness (QED) is 0.527. The van der Waals surface area contributed by atoms with Crippen LogP contribution in [0.5, 0.6) is 5.75 Å². The molecule has 0 fully saturated rings. The number of nitro groups is 1. The fraction of sp³-hybridized carbons (Fsp3) is 0.0714. The van der Waals surface area contributed by atoms with E-state index >= 15 is 0 Å². The lowest BCUT2D eigenvalue weighted by molar-refractivity contribution is -0.384. The van der Waals surface area contributed by atoms with Gasteiger partial charge in [0.05, 0.1) is 22.1 Å². The third-order valence-corrected chi connectivity index (χ3v) is 3.70. The topological polar surface area (TPSA) is 78.4 Å². The standard InChI is InChI=1S/C14H10N2O4S/c17-16(18)11-2-1-3-12(7-11)20-8-10-6-13(21-9-10)14-15-4-5-19-14/h1-7,9H,8H2. The fourth-order valence-corrected chi connectivity index (χ4v) is 2.60. The van der Waals surface area contributed by atoms with Gasteiger partial charge in [-0.2, -0.15) is 0 Å². The Morgan fingerprint density at radius 1 is 1.38 bits per heavy atom. The second-order valence-corrected chi connectivity index (χ2v) is 5.11. The molecule has 0 spiro atoms. The molecule has 0 unspecified atom stereocenters. The highest BCUT2D eigenvalue weighted by atomic mass is 32.1. The molecule has 0 amide bonds. The summed E-state index contributed by atoms with van der Waals surface area (Å²) in [5.74, 6) is 1.04. The summed E-state index contributed by atoms with van der Waals surface area (Å²) in [6.07, 6.45) is 3.11. The summed E-state index contributed by atoms with van der Waals surface area (Å²) in [7, 11) is 0. The lowest BCUT2D eigenvalue weighted by Gasteiger charge is -2.04. The van der Waals surface area contributed by atoms with Gasteiger partial charge >= 0.3 is 0 Å². The summed E-state index contributed by atoms with van der Waals surface area (Å²) in [5.41, 5.74) is 0.970. The number of nitro benzene ring substituents is 1. The lowest BCUT2D eigenvalue weighted by Crippen LogP contribution is -1.95. The maximum absolute atomic E-state index is 10.7. The van der Waals surface area contributed by atoms with E-state index in [1.54, 1.807) is 18.3 Å². The molecule has 106 valence electrons. The Hall–Kier alpha value is -2.67. The van der Waals surface area contributed by atoms with Crippen LogP contribution in [-0.4, -0.2) is 9.91 Å². The van der Waals surface area contributed by atoms with Gasteiger partial charge in [0, 0.05) is 11.6 Å². The number of hydrogen-bond donors (Lipinski definition) is 0. The predicted octanol–water partition coefficient (Wildman–Crippen LogP) is 3.89. The van der Waals surface area contributed by atoms with Crippen LogP contribution < -0.4 is 4.74 Å². The molecule has 3 rings (SSSR count). The number of thiophene rings is 1. The first-order valence-electron chi connectivity index (χ1n) is 6.07. The second-order valence-electron chi connectivity index (χ2n) is 4.20. The van der Waals surface area contributed by atoms with Crippen LogP contribution in [0.3, 0.4) is 0 Å². The first-order chi connectivity index (χ1) is 10.2. The highest BCUT2D eigenvalue weighted by Crippen LogP contribution is 2.27. The number of aromatic nitrogens is 1. The first kappa shape index (κ1) is 13.3. The van der Waals surface area contributed by atoms with Crippen LogP contribution in [0.4, 0.5) is 5.69 Å². The molecule has 0 radical (unpaired) electrons. The van der Waals surface area contributed by atoms with Crippen molar-refractivity contribution >= 4 is 17.0 Å². The van der Waals surface area contributed by atoms with E-state index in [0.29, 0.717) is 18.2 Å². The Labute approximate surface area is 123 Å². The highest BCUT2D eigenvalue weighted by molar-refractivity contribution is 7.13. The monoisotopic (exact) mass is 302 g/mol. The molecule has 1 aromatic carbocycles. The van der Waals surface area contributed by atoms with Crippen molar-refractivity contribution in [3.8, 4) is 16.5 Å². The molecule has 7 heteroatoms. The van der Waals surface area contributed by atoms with Gasteiger partial charge in [0.2, 0.25) is 5.89 Å². The van der Waals surface area contributed by atoms with Crippen molar-refractivity contribution < 1.29 is 14.1 Å². The second kappa shape index (κ2) is 5.76. The molecule has 0 aliphatic heterocycles. The Balaban J connectivity index is 1.68. The number of hydrogen-bond acceptors (Lipinski definition) is 6. The third kappa shape index (κ3) is 3.09. The van der Waals surface area contributed by atoms with Crippen molar-refractivity contribution in [2.45, 2.75) is 6.61 Å². The van der Waals surface area contributed by atoms with Crippen LogP contribution in [0.15, 0.2) is 52.6 Å². The smallest absolute Gasteiger partial charge is 0.273 e. The normalized spacial score (nSPS) is 10.5. The van der Waals surface area contributed by atoms with Gasteiger partial charge < -0.3 is 9.15 Å². The van der Waals surface area contributed by atoms with Crippen LogP contribution in [0, 0.1) is 10.1 Å². The predicted molar refractivity (Wildman–Crippen MR) is 77.2 cm³/mol. The van der Waals surface area contributed by atoms with Gasteiger partial charge in [-0.1, -0.05) is 6.07 Å². The van der Waals surface area contributed by atoms with E-state index < -0.39 is 4.92 Å². The fourth-order valence-electron chi connectivity index (χ4n) is 1.76. The summed E-state index contributed by atoms with van der Waals surface area (Å²) in [6, 6.07) is 8.04. The summed E-state index contributed by atoms with van der Waals surface area (Å²) >= 11 is 1.51. The van der Waals surface area contributed by atoms with E-state index in [4.69, 9.17) is 9.15 Å². The van der Waals surface area contributed by atoms with Crippen LogP contribution in [-0.2, 0) is 6.61 Å². The van der Waals surface area contributed by atoms with Gasteiger partial charge in [0.1, 0.15) is 18.6 Å². The molecule has 0 saturated heterocycles. The van der Waals surface area contributed by atoms with Gasteiger partial charge in [-0.3, -0.25) is 10.1 Å². The maximum Gasteiger partial charge on any atom is 0.273 e. The molecule has 2 heterocycles. The zero-order valence-electron chi connectivity index (χ0n) is 10.8. The number of benzene rings is 1. The van der Waals surface area contributed by atoms with Crippen molar-refractivity contribution in [1.82, 2.24) is 4.98 Å². The van der Waals surface area contributed by atoms with Crippen molar-refractivity contribution in [3.63, 3.8) is 0 Å². The van der Waals surface area contributed by atoms with Crippen LogP contribution in [0.2, 0.25) is 0 Å². The molecule has 0 N–H and O–H groups in total. The van der Waals surface area contributed by atoms with E-state index in [9.17, 15) is 10.1 Å². The van der Waals surface area contributed by atoms with Gasteiger partial charge in [-0.25, -0.2) is 4.98 Å². The van der Waals surface area contributed by atoms with Gasteiger partial charge in [0.25, 0.3) is 5.69 Å².